The third-order valence-electron chi connectivity index (χ3n) is 3.00. The van der Waals surface area contributed by atoms with Gasteiger partial charge in [0.15, 0.2) is 0 Å². The van der Waals surface area contributed by atoms with E-state index >= 15 is 0 Å². The molecule has 1 aromatic rings. The minimum Gasteiger partial charge on any atom is -0.444 e. The molecule has 1 rings (SSSR count). The minimum atomic E-state index is -4.63. The lowest BCUT2D eigenvalue weighted by molar-refractivity contribution is -0.154. The Labute approximate surface area is 138 Å². The number of alkyl carbamates (subject to hydrolysis) is 1. The molecule has 3 N–H and O–H groups in total. The molecular weight excluding hydrogens is 327 g/mol. The van der Waals surface area contributed by atoms with Crippen LogP contribution in [0.2, 0.25) is 0 Å². The highest BCUT2D eigenvalue weighted by atomic mass is 19.4. The number of hydrogen-bond donors (Lipinski definition) is 3. The highest BCUT2D eigenvalue weighted by Gasteiger charge is 2.40. The number of carbonyl (C=O) groups is 2. The van der Waals surface area contributed by atoms with E-state index < -0.39 is 36.2 Å². The molecule has 0 aromatic carbocycles. The second-order valence-corrected chi connectivity index (χ2v) is 6.34. The van der Waals surface area contributed by atoms with E-state index in [1.54, 1.807) is 27.7 Å². The van der Waals surface area contributed by atoms with E-state index in [1.807, 2.05) is 5.32 Å². The Morgan fingerprint density at radius 3 is 2.33 bits per heavy atom. The zero-order valence-electron chi connectivity index (χ0n) is 14.0. The summed E-state index contributed by atoms with van der Waals surface area (Å²) in [6.07, 6.45) is -3.09. The van der Waals surface area contributed by atoms with Crippen LogP contribution in [0.3, 0.4) is 0 Å². The highest BCUT2D eigenvalue weighted by Crippen LogP contribution is 2.23. The maximum atomic E-state index is 13.1. The number of nitrogens with one attached hydrogen (secondary N) is 3. The van der Waals surface area contributed by atoms with E-state index in [-0.39, 0.29) is 12.1 Å². The Morgan fingerprint density at radius 1 is 1.25 bits per heavy atom. The maximum Gasteiger partial charge on any atom is 0.408 e. The number of amides is 2. The Bertz CT molecular complexity index is 576. The summed E-state index contributed by atoms with van der Waals surface area (Å²) >= 11 is 0. The summed E-state index contributed by atoms with van der Waals surface area (Å²) < 4.78 is 44.1. The van der Waals surface area contributed by atoms with Crippen LogP contribution in [-0.4, -0.2) is 41.3 Å². The highest BCUT2D eigenvalue weighted by molar-refractivity contribution is 5.95. The zero-order valence-corrected chi connectivity index (χ0v) is 14.0. The molecular formula is C15H22F3N3O3. The van der Waals surface area contributed by atoms with Crippen LogP contribution in [0, 0.1) is 6.92 Å². The monoisotopic (exact) mass is 349 g/mol. The molecule has 1 heterocycles. The van der Waals surface area contributed by atoms with Crippen molar-refractivity contribution in [2.45, 2.75) is 51.9 Å². The van der Waals surface area contributed by atoms with Crippen molar-refractivity contribution < 1.29 is 27.5 Å². The first-order chi connectivity index (χ1) is 10.9. The summed E-state index contributed by atoms with van der Waals surface area (Å²) in [5.74, 6) is -0.826. The Kier molecular flexibility index (Phi) is 6.28. The van der Waals surface area contributed by atoms with Gasteiger partial charge in [-0.2, -0.15) is 13.2 Å². The van der Waals surface area contributed by atoms with E-state index in [2.05, 4.69) is 10.3 Å². The van der Waals surface area contributed by atoms with E-state index in [0.29, 0.717) is 5.56 Å². The van der Waals surface area contributed by atoms with E-state index in [1.165, 1.54) is 12.4 Å². The third-order valence-corrected chi connectivity index (χ3v) is 3.00. The molecule has 0 aliphatic carbocycles. The largest absolute Gasteiger partial charge is 0.444 e. The smallest absolute Gasteiger partial charge is 0.408 e. The van der Waals surface area contributed by atoms with Crippen LogP contribution in [0.5, 0.6) is 0 Å². The molecule has 9 heteroatoms. The van der Waals surface area contributed by atoms with Gasteiger partial charge in [0.1, 0.15) is 11.6 Å². The third kappa shape index (κ3) is 6.51. The lowest BCUT2D eigenvalue weighted by Gasteiger charge is -2.23. The molecule has 2 amide bonds. The molecule has 136 valence electrons. The van der Waals surface area contributed by atoms with Gasteiger partial charge in [-0.15, -0.1) is 0 Å². The Morgan fingerprint density at radius 2 is 1.88 bits per heavy atom. The molecule has 0 bridgehead atoms. The van der Waals surface area contributed by atoms with Crippen LogP contribution < -0.4 is 10.6 Å². The second kappa shape index (κ2) is 7.59. The van der Waals surface area contributed by atoms with E-state index in [4.69, 9.17) is 4.74 Å². The van der Waals surface area contributed by atoms with Crippen LogP contribution in [0.4, 0.5) is 18.0 Å². The van der Waals surface area contributed by atoms with Crippen LogP contribution >= 0.6 is 0 Å². The number of aromatic nitrogens is 1. The van der Waals surface area contributed by atoms with Crippen LogP contribution in [-0.2, 0) is 4.74 Å². The Hall–Kier alpha value is -2.19. The molecule has 0 radical (unpaired) electrons. The quantitative estimate of drug-likeness (QED) is 0.764. The van der Waals surface area contributed by atoms with Gasteiger partial charge in [0, 0.05) is 18.9 Å². The van der Waals surface area contributed by atoms with Gasteiger partial charge in [0.05, 0.1) is 5.56 Å². The number of rotatable bonds is 5. The molecule has 24 heavy (non-hydrogen) atoms. The number of halogens is 3. The van der Waals surface area contributed by atoms with Crippen molar-refractivity contribution >= 4 is 12.0 Å². The number of hydrogen-bond acceptors (Lipinski definition) is 3. The van der Waals surface area contributed by atoms with Gasteiger partial charge in [0.2, 0.25) is 0 Å². The predicted molar refractivity (Wildman–Crippen MR) is 81.7 cm³/mol. The summed E-state index contributed by atoms with van der Waals surface area (Å²) in [5, 5.41) is 4.19. The van der Waals surface area contributed by atoms with Gasteiger partial charge in [-0.25, -0.2) is 4.79 Å². The Balaban J connectivity index is 2.60. The molecule has 0 fully saturated rings. The first-order valence-electron chi connectivity index (χ1n) is 7.38. The molecule has 0 aliphatic heterocycles. The fourth-order valence-corrected chi connectivity index (χ4v) is 1.87. The van der Waals surface area contributed by atoms with Gasteiger partial charge < -0.3 is 20.4 Å². The van der Waals surface area contributed by atoms with Gasteiger partial charge >= 0.3 is 12.3 Å². The van der Waals surface area contributed by atoms with Gasteiger partial charge in [-0.1, -0.05) is 0 Å². The van der Waals surface area contributed by atoms with Crippen LogP contribution in [0.25, 0.3) is 0 Å². The number of aryl methyl sites for hydroxylation is 1. The van der Waals surface area contributed by atoms with Crippen molar-refractivity contribution in [1.82, 2.24) is 15.6 Å². The SMILES string of the molecule is Cc1c[nH]cc1C(=O)N[C@@H](CCNC(=O)OC(C)(C)C)C(F)(F)F. The second-order valence-electron chi connectivity index (χ2n) is 6.34. The summed E-state index contributed by atoms with van der Waals surface area (Å²) in [4.78, 5) is 26.0. The number of ether oxygens (including phenoxy) is 1. The summed E-state index contributed by atoms with van der Waals surface area (Å²) in [6.45, 7) is 6.25. The number of aromatic amines is 1. The fraction of sp³-hybridized carbons (Fsp3) is 0.600. The number of alkyl halides is 3. The van der Waals surface area contributed by atoms with Crippen molar-refractivity contribution in [1.29, 1.82) is 0 Å². The molecule has 1 atom stereocenters. The van der Waals surface area contributed by atoms with Crippen LogP contribution in [0.15, 0.2) is 12.4 Å². The van der Waals surface area contributed by atoms with E-state index in [0.717, 1.165) is 0 Å². The summed E-state index contributed by atoms with van der Waals surface area (Å²) in [6, 6.07) is -2.07. The van der Waals surface area contributed by atoms with Gasteiger partial charge in [-0.3, -0.25) is 4.79 Å². The zero-order chi connectivity index (χ0) is 18.5. The predicted octanol–water partition coefficient (Wildman–Crippen LogP) is 2.90. The first kappa shape index (κ1) is 19.9. The van der Waals surface area contributed by atoms with Gasteiger partial charge in [0.25, 0.3) is 5.91 Å². The maximum absolute atomic E-state index is 13.1. The topological polar surface area (TPSA) is 83.2 Å². The average molecular weight is 349 g/mol. The van der Waals surface area contributed by atoms with Gasteiger partial charge in [-0.05, 0) is 39.7 Å². The van der Waals surface area contributed by atoms with Crippen molar-refractivity contribution in [2.24, 2.45) is 0 Å². The molecule has 0 saturated heterocycles. The molecule has 0 unspecified atom stereocenters. The molecule has 1 aromatic heterocycles. The van der Waals surface area contributed by atoms with Crippen molar-refractivity contribution in [2.75, 3.05) is 6.54 Å². The summed E-state index contributed by atoms with van der Waals surface area (Å²) in [7, 11) is 0. The average Bonchev–Trinajstić information content (AvgIpc) is 2.80. The van der Waals surface area contributed by atoms with E-state index in [9.17, 15) is 22.8 Å². The fourth-order valence-electron chi connectivity index (χ4n) is 1.87. The van der Waals surface area contributed by atoms with Crippen molar-refractivity contribution in [3.63, 3.8) is 0 Å². The molecule has 0 saturated carbocycles. The number of carbonyl (C=O) groups excluding carboxylic acids is 2. The van der Waals surface area contributed by atoms with Crippen LogP contribution in [0.1, 0.15) is 43.1 Å². The number of H-pyrrole nitrogens is 1. The summed E-state index contributed by atoms with van der Waals surface area (Å²) in [5.41, 5.74) is -0.0577. The molecule has 0 spiro atoms. The lowest BCUT2D eigenvalue weighted by Crippen LogP contribution is -2.47. The standard InChI is InChI=1S/C15H22F3N3O3/c1-9-7-19-8-10(9)12(22)21-11(15(16,17)18)5-6-20-13(23)24-14(2,3)4/h7-8,11,19H,5-6H2,1-4H3,(H,20,23)(H,21,22)/t11-/m0/s1. The molecule has 6 nitrogen and oxygen atoms in total. The molecule has 0 aliphatic rings. The van der Waals surface area contributed by atoms with Crippen molar-refractivity contribution in [3.05, 3.63) is 23.5 Å². The minimum absolute atomic E-state index is 0.143. The normalized spacial score (nSPS) is 13.3. The van der Waals surface area contributed by atoms with Crippen molar-refractivity contribution in [3.8, 4) is 0 Å². The first-order valence-corrected chi connectivity index (χ1v) is 7.38. The lowest BCUT2D eigenvalue weighted by atomic mass is 10.1.